The van der Waals surface area contributed by atoms with E-state index < -0.39 is 0 Å². The SMILES string of the molecule is COc1cc(C#N)c(-c2nc3c([nH]2)-c2ccncc2Nc2ncccc2-3)c(C#N)c1. The van der Waals surface area contributed by atoms with Crippen LogP contribution in [0.5, 0.6) is 5.75 Å². The fourth-order valence-electron chi connectivity index (χ4n) is 3.58. The van der Waals surface area contributed by atoms with Gasteiger partial charge in [-0.2, -0.15) is 10.5 Å². The number of fused-ring (bicyclic) bond motifs is 5. The number of aromatic amines is 1. The highest BCUT2D eigenvalue weighted by Crippen LogP contribution is 2.43. The maximum absolute atomic E-state index is 9.70. The number of hydrogen-bond donors (Lipinski definition) is 2. The molecule has 1 aliphatic heterocycles. The van der Waals surface area contributed by atoms with Crippen LogP contribution in [0.25, 0.3) is 33.9 Å². The lowest BCUT2D eigenvalue weighted by atomic mass is 10.0. The van der Waals surface area contributed by atoms with Crippen LogP contribution in [0.4, 0.5) is 11.5 Å². The maximum atomic E-state index is 9.70. The van der Waals surface area contributed by atoms with Crippen molar-refractivity contribution in [3.63, 3.8) is 0 Å². The van der Waals surface area contributed by atoms with Gasteiger partial charge < -0.3 is 15.0 Å². The van der Waals surface area contributed by atoms with Crippen molar-refractivity contribution in [1.82, 2.24) is 19.9 Å². The topological polar surface area (TPSA) is 123 Å². The Kier molecular flexibility index (Phi) is 3.90. The molecule has 3 aromatic heterocycles. The number of hydrogen-bond acceptors (Lipinski definition) is 7. The van der Waals surface area contributed by atoms with Crippen molar-refractivity contribution in [3.05, 3.63) is 60.0 Å². The number of H-pyrrole nitrogens is 1. The molecule has 8 nitrogen and oxygen atoms in total. The first-order valence-corrected chi connectivity index (χ1v) is 9.03. The third-order valence-electron chi connectivity index (χ3n) is 4.94. The van der Waals surface area contributed by atoms with Crippen LogP contribution in [-0.4, -0.2) is 27.0 Å². The summed E-state index contributed by atoms with van der Waals surface area (Å²) < 4.78 is 5.22. The van der Waals surface area contributed by atoms with Gasteiger partial charge >= 0.3 is 0 Å². The molecule has 30 heavy (non-hydrogen) atoms. The van der Waals surface area contributed by atoms with E-state index in [4.69, 9.17) is 9.72 Å². The van der Waals surface area contributed by atoms with Gasteiger partial charge in [0.15, 0.2) is 0 Å². The summed E-state index contributed by atoms with van der Waals surface area (Å²) in [6.07, 6.45) is 5.12. The smallest absolute Gasteiger partial charge is 0.141 e. The normalized spacial score (nSPS) is 11.0. The van der Waals surface area contributed by atoms with E-state index in [1.54, 1.807) is 30.7 Å². The lowest BCUT2D eigenvalue weighted by Gasteiger charge is -2.09. The van der Waals surface area contributed by atoms with Crippen LogP contribution >= 0.6 is 0 Å². The average molecular weight is 391 g/mol. The van der Waals surface area contributed by atoms with Crippen LogP contribution in [0.3, 0.4) is 0 Å². The predicted molar refractivity (Wildman–Crippen MR) is 110 cm³/mol. The number of rotatable bonds is 2. The van der Waals surface area contributed by atoms with Crippen LogP contribution < -0.4 is 10.1 Å². The van der Waals surface area contributed by atoms with E-state index in [9.17, 15) is 10.5 Å². The predicted octanol–water partition coefficient (Wildman–Crippen LogP) is 4.01. The van der Waals surface area contributed by atoms with Gasteiger partial charge in [-0.15, -0.1) is 0 Å². The number of anilines is 2. The monoisotopic (exact) mass is 391 g/mol. The molecule has 0 aliphatic carbocycles. The van der Waals surface area contributed by atoms with E-state index in [0.717, 1.165) is 22.5 Å². The fourth-order valence-corrected chi connectivity index (χ4v) is 3.58. The van der Waals surface area contributed by atoms with Gasteiger partial charge in [0.05, 0.1) is 41.4 Å². The summed E-state index contributed by atoms with van der Waals surface area (Å²) in [6.45, 7) is 0. The molecule has 0 saturated carbocycles. The van der Waals surface area contributed by atoms with Crippen molar-refractivity contribution >= 4 is 11.5 Å². The Morgan fingerprint density at radius 3 is 2.57 bits per heavy atom. The van der Waals surface area contributed by atoms with Crippen LogP contribution in [-0.2, 0) is 0 Å². The first-order valence-electron chi connectivity index (χ1n) is 9.03. The van der Waals surface area contributed by atoms with Gasteiger partial charge in [0.2, 0.25) is 0 Å². The average Bonchev–Trinajstić information content (AvgIpc) is 3.18. The number of nitrogens with zero attached hydrogens (tertiary/aromatic N) is 5. The van der Waals surface area contributed by atoms with Crippen LogP contribution in [0.1, 0.15) is 11.1 Å². The molecule has 0 atom stereocenters. The molecule has 2 N–H and O–H groups in total. The van der Waals surface area contributed by atoms with Crippen molar-refractivity contribution in [2.24, 2.45) is 0 Å². The van der Waals surface area contributed by atoms with Crippen molar-refractivity contribution in [2.75, 3.05) is 12.4 Å². The lowest BCUT2D eigenvalue weighted by Crippen LogP contribution is -1.97. The van der Waals surface area contributed by atoms with Gasteiger partial charge in [0.1, 0.15) is 35.2 Å². The molecule has 142 valence electrons. The first kappa shape index (κ1) is 17.4. The highest BCUT2D eigenvalue weighted by molar-refractivity contribution is 5.95. The molecule has 0 saturated heterocycles. The van der Waals surface area contributed by atoms with Crippen molar-refractivity contribution in [1.29, 1.82) is 10.5 Å². The highest BCUT2D eigenvalue weighted by Gasteiger charge is 2.26. The number of nitrogens with one attached hydrogen (secondary N) is 2. The van der Waals surface area contributed by atoms with E-state index in [-0.39, 0.29) is 0 Å². The Hall–Kier alpha value is -4.69. The molecule has 1 aliphatic rings. The van der Waals surface area contributed by atoms with E-state index in [2.05, 4.69) is 32.4 Å². The van der Waals surface area contributed by atoms with Gasteiger partial charge in [-0.1, -0.05) is 0 Å². The molecular formula is C22H13N7O. The second-order valence-electron chi connectivity index (χ2n) is 6.58. The standard InChI is InChI=1S/C22H13N7O/c1-30-14-7-12(9-23)18(13(8-14)10-24)22-28-19-15-4-6-25-11-17(15)27-21-16(20(19)29-22)3-2-5-26-21/h2-8,11H,1H3,(H,26,27)(H,28,29). The molecule has 0 fully saturated rings. The zero-order chi connectivity index (χ0) is 20.7. The molecule has 0 radical (unpaired) electrons. The number of benzene rings is 1. The van der Waals surface area contributed by atoms with Gasteiger partial charge in [0.25, 0.3) is 0 Å². The van der Waals surface area contributed by atoms with Crippen LogP contribution in [0.2, 0.25) is 0 Å². The summed E-state index contributed by atoms with van der Waals surface area (Å²) in [7, 11) is 1.49. The third kappa shape index (κ3) is 2.56. The van der Waals surface area contributed by atoms with Crippen molar-refractivity contribution in [3.8, 4) is 51.8 Å². The number of methoxy groups -OCH3 is 1. The van der Waals surface area contributed by atoms with Gasteiger partial charge in [-0.05, 0) is 30.3 Å². The van der Waals surface area contributed by atoms with Gasteiger partial charge in [0, 0.05) is 23.5 Å². The minimum Gasteiger partial charge on any atom is -0.497 e. The Bertz CT molecular complexity index is 1290. The molecule has 4 heterocycles. The molecule has 0 bridgehead atoms. The maximum Gasteiger partial charge on any atom is 0.141 e. The largest absolute Gasteiger partial charge is 0.497 e. The zero-order valence-corrected chi connectivity index (χ0v) is 15.8. The summed E-state index contributed by atoms with van der Waals surface area (Å²) in [5.41, 5.74) is 4.91. The fraction of sp³-hybridized carbons (Fsp3) is 0.0455. The summed E-state index contributed by atoms with van der Waals surface area (Å²) in [5, 5.41) is 22.7. The summed E-state index contributed by atoms with van der Waals surface area (Å²) in [5.74, 6) is 1.52. The molecule has 0 spiro atoms. The third-order valence-corrected chi connectivity index (χ3v) is 4.94. The second kappa shape index (κ2) is 6.73. The zero-order valence-electron chi connectivity index (χ0n) is 15.8. The van der Waals surface area contributed by atoms with Gasteiger partial charge in [-0.25, -0.2) is 9.97 Å². The molecule has 1 aromatic carbocycles. The Labute approximate surface area is 171 Å². The second-order valence-corrected chi connectivity index (χ2v) is 6.58. The van der Waals surface area contributed by atoms with Crippen LogP contribution in [0.15, 0.2) is 48.9 Å². The van der Waals surface area contributed by atoms with E-state index >= 15 is 0 Å². The quantitative estimate of drug-likeness (QED) is 0.466. The number of ether oxygens (including phenoxy) is 1. The first-order chi connectivity index (χ1) is 14.7. The lowest BCUT2D eigenvalue weighted by molar-refractivity contribution is 0.414. The van der Waals surface area contributed by atoms with Crippen molar-refractivity contribution < 1.29 is 4.74 Å². The van der Waals surface area contributed by atoms with Crippen molar-refractivity contribution in [2.45, 2.75) is 0 Å². The minimum absolute atomic E-state index is 0.300. The van der Waals surface area contributed by atoms with E-state index in [1.807, 2.05) is 18.2 Å². The molecule has 8 heteroatoms. The highest BCUT2D eigenvalue weighted by atomic mass is 16.5. The Morgan fingerprint density at radius 1 is 1.03 bits per heavy atom. The number of imidazole rings is 1. The number of aromatic nitrogens is 4. The van der Waals surface area contributed by atoms with E-state index in [1.165, 1.54) is 7.11 Å². The molecule has 4 aromatic rings. The molecule has 5 rings (SSSR count). The minimum atomic E-state index is 0.300. The summed E-state index contributed by atoms with van der Waals surface area (Å²) >= 11 is 0. The Morgan fingerprint density at radius 2 is 1.83 bits per heavy atom. The molecule has 0 amide bonds. The Balaban J connectivity index is 1.83. The van der Waals surface area contributed by atoms with Crippen LogP contribution in [0, 0.1) is 22.7 Å². The van der Waals surface area contributed by atoms with E-state index in [0.29, 0.717) is 39.8 Å². The van der Waals surface area contributed by atoms with Gasteiger partial charge in [-0.3, -0.25) is 4.98 Å². The molecule has 0 unspecified atom stereocenters. The number of pyridine rings is 2. The molecular weight excluding hydrogens is 378 g/mol. The summed E-state index contributed by atoms with van der Waals surface area (Å²) in [4.78, 5) is 16.8. The number of nitriles is 2. The summed E-state index contributed by atoms with van der Waals surface area (Å²) in [6, 6.07) is 13.1.